The van der Waals surface area contributed by atoms with Crippen LogP contribution in [0.4, 0.5) is 24.7 Å². The van der Waals surface area contributed by atoms with Gasteiger partial charge in [0.2, 0.25) is 5.91 Å². The number of carbonyl (C=O) groups excluding carboxylic acids is 1. The number of anilines is 2. The van der Waals surface area contributed by atoms with E-state index < -0.39 is 24.7 Å². The number of rotatable bonds is 3. The molecule has 0 saturated carbocycles. The topological polar surface area (TPSA) is 79.2 Å². The molecule has 0 saturated heterocycles. The first kappa shape index (κ1) is 16.2. The molecular formula is C15H15F3N4O2. The lowest BCUT2D eigenvalue weighted by molar-refractivity contribution is -0.142. The van der Waals surface area contributed by atoms with E-state index in [-0.39, 0.29) is 18.0 Å². The van der Waals surface area contributed by atoms with Gasteiger partial charge < -0.3 is 15.7 Å². The molecule has 2 aromatic rings. The number of nitrogens with zero attached hydrogens (tertiary/aromatic N) is 2. The first-order valence-corrected chi connectivity index (χ1v) is 7.22. The molecule has 1 aromatic carbocycles. The van der Waals surface area contributed by atoms with Crippen molar-refractivity contribution in [2.45, 2.75) is 32.1 Å². The third kappa shape index (κ3) is 3.29. The van der Waals surface area contributed by atoms with Crippen LogP contribution in [0, 0.1) is 6.92 Å². The lowest BCUT2D eigenvalue weighted by Gasteiger charge is -2.10. The Bertz CT molecular complexity index is 786. The summed E-state index contributed by atoms with van der Waals surface area (Å²) in [4.78, 5) is 12.3. The van der Waals surface area contributed by atoms with E-state index in [9.17, 15) is 23.1 Å². The number of aryl methyl sites for hydroxylation is 1. The molecule has 1 aliphatic heterocycles. The summed E-state index contributed by atoms with van der Waals surface area (Å²) >= 11 is 0. The SMILES string of the molecule is Cc1cc(NC(=O)C2Cc3c(O)cccc3N2)nn1CC(F)(F)F. The Kier molecular flexibility index (Phi) is 3.86. The minimum absolute atomic E-state index is 0.0590. The van der Waals surface area contributed by atoms with Crippen LogP contribution in [0.1, 0.15) is 11.3 Å². The van der Waals surface area contributed by atoms with E-state index in [1.807, 2.05) is 0 Å². The van der Waals surface area contributed by atoms with Gasteiger partial charge in [0.1, 0.15) is 18.3 Å². The van der Waals surface area contributed by atoms with E-state index in [0.29, 0.717) is 16.9 Å². The number of hydrogen-bond donors (Lipinski definition) is 3. The van der Waals surface area contributed by atoms with Gasteiger partial charge in [0.25, 0.3) is 0 Å². The summed E-state index contributed by atoms with van der Waals surface area (Å²) in [5, 5.41) is 19.0. The first-order valence-electron chi connectivity index (χ1n) is 7.22. The zero-order valence-electron chi connectivity index (χ0n) is 12.7. The fourth-order valence-corrected chi connectivity index (χ4v) is 2.64. The molecule has 3 rings (SSSR count). The number of benzene rings is 1. The van der Waals surface area contributed by atoms with Crippen molar-refractivity contribution in [3.8, 4) is 5.75 Å². The van der Waals surface area contributed by atoms with E-state index in [1.165, 1.54) is 19.1 Å². The summed E-state index contributed by atoms with van der Waals surface area (Å²) in [7, 11) is 0. The van der Waals surface area contributed by atoms with Gasteiger partial charge in [-0.25, -0.2) is 0 Å². The maximum atomic E-state index is 12.4. The van der Waals surface area contributed by atoms with E-state index in [1.54, 1.807) is 12.1 Å². The van der Waals surface area contributed by atoms with Crippen molar-refractivity contribution in [1.29, 1.82) is 0 Å². The van der Waals surface area contributed by atoms with Gasteiger partial charge in [0.05, 0.1) is 0 Å². The van der Waals surface area contributed by atoms with Crippen LogP contribution in [0.2, 0.25) is 0 Å². The van der Waals surface area contributed by atoms with Crippen LogP contribution in [-0.2, 0) is 17.8 Å². The second-order valence-electron chi connectivity index (χ2n) is 5.64. The monoisotopic (exact) mass is 340 g/mol. The molecule has 0 aliphatic carbocycles. The number of aromatic nitrogens is 2. The predicted octanol–water partition coefficient (Wildman–Crippen LogP) is 2.43. The molecule has 3 N–H and O–H groups in total. The summed E-state index contributed by atoms with van der Waals surface area (Å²) in [6, 6.07) is 5.68. The Hall–Kier alpha value is -2.71. The highest BCUT2D eigenvalue weighted by molar-refractivity contribution is 5.97. The maximum absolute atomic E-state index is 12.4. The summed E-state index contributed by atoms with van der Waals surface area (Å²) < 4.78 is 38.1. The molecule has 128 valence electrons. The van der Waals surface area contributed by atoms with Gasteiger partial charge in [-0.1, -0.05) is 6.07 Å². The lowest BCUT2D eigenvalue weighted by Crippen LogP contribution is -2.33. The van der Waals surface area contributed by atoms with Gasteiger partial charge in [0, 0.05) is 29.4 Å². The number of alkyl halides is 3. The number of phenols is 1. The zero-order valence-corrected chi connectivity index (χ0v) is 12.7. The van der Waals surface area contributed by atoms with E-state index in [2.05, 4.69) is 15.7 Å². The first-order chi connectivity index (χ1) is 11.2. The van der Waals surface area contributed by atoms with Gasteiger partial charge in [-0.3, -0.25) is 9.48 Å². The molecule has 1 aromatic heterocycles. The highest BCUT2D eigenvalue weighted by Crippen LogP contribution is 2.33. The molecule has 2 heterocycles. The Morgan fingerprint density at radius 2 is 2.25 bits per heavy atom. The Labute approximate surface area is 135 Å². The average molecular weight is 340 g/mol. The number of fused-ring (bicyclic) bond motifs is 1. The fraction of sp³-hybridized carbons (Fsp3) is 0.333. The number of nitrogens with one attached hydrogen (secondary N) is 2. The molecule has 0 bridgehead atoms. The van der Waals surface area contributed by atoms with Crippen molar-refractivity contribution in [1.82, 2.24) is 9.78 Å². The van der Waals surface area contributed by atoms with Crippen molar-refractivity contribution < 1.29 is 23.1 Å². The fourth-order valence-electron chi connectivity index (χ4n) is 2.64. The second-order valence-corrected chi connectivity index (χ2v) is 5.64. The largest absolute Gasteiger partial charge is 0.508 e. The van der Waals surface area contributed by atoms with Gasteiger partial charge >= 0.3 is 6.18 Å². The van der Waals surface area contributed by atoms with E-state index >= 15 is 0 Å². The van der Waals surface area contributed by atoms with Crippen molar-refractivity contribution in [2.75, 3.05) is 10.6 Å². The van der Waals surface area contributed by atoms with Gasteiger partial charge in [0.15, 0.2) is 5.82 Å². The highest BCUT2D eigenvalue weighted by Gasteiger charge is 2.31. The number of carbonyl (C=O) groups is 1. The van der Waals surface area contributed by atoms with Crippen molar-refractivity contribution in [3.05, 3.63) is 35.5 Å². The standard InChI is InChI=1S/C15H15F3N4O2/c1-8-5-13(21-22(8)7-15(16,17)18)20-14(24)11-6-9-10(19-11)3-2-4-12(9)23/h2-5,11,19,23H,6-7H2,1H3,(H,20,21,24). The number of aromatic hydroxyl groups is 1. The number of amides is 1. The van der Waals surface area contributed by atoms with Crippen LogP contribution in [-0.4, -0.2) is 33.0 Å². The number of phenolic OH excluding ortho intramolecular Hbond substituents is 1. The number of halogens is 3. The molecule has 1 aliphatic rings. The molecule has 0 fully saturated rings. The van der Waals surface area contributed by atoms with Gasteiger partial charge in [-0.15, -0.1) is 0 Å². The lowest BCUT2D eigenvalue weighted by atomic mass is 10.1. The molecule has 1 atom stereocenters. The average Bonchev–Trinajstić information content (AvgIpc) is 3.03. The molecular weight excluding hydrogens is 325 g/mol. The Morgan fingerprint density at radius 1 is 1.50 bits per heavy atom. The Balaban J connectivity index is 1.68. The van der Waals surface area contributed by atoms with Crippen LogP contribution in [0.15, 0.2) is 24.3 Å². The van der Waals surface area contributed by atoms with Crippen molar-refractivity contribution in [3.63, 3.8) is 0 Å². The maximum Gasteiger partial charge on any atom is 0.408 e. The summed E-state index contributed by atoms with van der Waals surface area (Å²) in [6.07, 6.45) is -4.10. The van der Waals surface area contributed by atoms with Crippen LogP contribution >= 0.6 is 0 Å². The van der Waals surface area contributed by atoms with Crippen LogP contribution < -0.4 is 10.6 Å². The smallest absolute Gasteiger partial charge is 0.408 e. The van der Waals surface area contributed by atoms with Gasteiger partial charge in [-0.05, 0) is 19.1 Å². The van der Waals surface area contributed by atoms with E-state index in [4.69, 9.17) is 0 Å². The van der Waals surface area contributed by atoms with Crippen LogP contribution in [0.5, 0.6) is 5.75 Å². The number of hydrogen-bond acceptors (Lipinski definition) is 4. The molecule has 9 heteroatoms. The third-order valence-corrected chi connectivity index (χ3v) is 3.77. The molecule has 1 unspecified atom stereocenters. The molecule has 0 spiro atoms. The third-order valence-electron chi connectivity index (χ3n) is 3.77. The highest BCUT2D eigenvalue weighted by atomic mass is 19.4. The zero-order chi connectivity index (χ0) is 17.5. The molecule has 0 radical (unpaired) electrons. The quantitative estimate of drug-likeness (QED) is 0.802. The molecule has 24 heavy (non-hydrogen) atoms. The second kappa shape index (κ2) is 5.73. The Morgan fingerprint density at radius 3 is 2.92 bits per heavy atom. The molecule has 1 amide bonds. The van der Waals surface area contributed by atoms with Crippen molar-refractivity contribution in [2.24, 2.45) is 0 Å². The normalized spacial score (nSPS) is 16.6. The summed E-state index contributed by atoms with van der Waals surface area (Å²) in [5.74, 6) is -0.272. The van der Waals surface area contributed by atoms with Crippen LogP contribution in [0.25, 0.3) is 0 Å². The van der Waals surface area contributed by atoms with Crippen LogP contribution in [0.3, 0.4) is 0 Å². The minimum atomic E-state index is -4.38. The summed E-state index contributed by atoms with van der Waals surface area (Å²) in [6.45, 7) is 0.270. The van der Waals surface area contributed by atoms with E-state index in [0.717, 1.165) is 4.68 Å². The minimum Gasteiger partial charge on any atom is -0.508 e. The van der Waals surface area contributed by atoms with Gasteiger partial charge in [-0.2, -0.15) is 18.3 Å². The van der Waals surface area contributed by atoms with Crippen molar-refractivity contribution >= 4 is 17.4 Å². The molecule has 6 nitrogen and oxygen atoms in total. The predicted molar refractivity (Wildman–Crippen MR) is 80.9 cm³/mol. The summed E-state index contributed by atoms with van der Waals surface area (Å²) in [5.41, 5.74) is 1.59.